The van der Waals surface area contributed by atoms with Gasteiger partial charge in [0.2, 0.25) is 0 Å². The summed E-state index contributed by atoms with van der Waals surface area (Å²) in [6.45, 7) is 10.4. The van der Waals surface area contributed by atoms with E-state index >= 15 is 0 Å². The summed E-state index contributed by atoms with van der Waals surface area (Å²) >= 11 is 0. The number of benzene rings is 1. The highest BCUT2D eigenvalue weighted by Gasteiger charge is 2.54. The van der Waals surface area contributed by atoms with Crippen LogP contribution in [-0.2, 0) is 0 Å². The molecule has 3 aromatic rings. The predicted octanol–water partition coefficient (Wildman–Crippen LogP) is 4.84. The molecule has 4 fully saturated rings. The molecular formula is C31H38FN7O2. The molecule has 41 heavy (non-hydrogen) atoms. The Balaban J connectivity index is 1.09. The Hall–Kier alpha value is -3.24. The minimum absolute atomic E-state index is 0.212. The van der Waals surface area contributed by atoms with Crippen LogP contribution in [0.4, 0.5) is 10.2 Å². The molecule has 2 saturated carbocycles. The van der Waals surface area contributed by atoms with Crippen LogP contribution in [-0.4, -0.2) is 73.0 Å². The molecule has 1 aromatic carbocycles. The van der Waals surface area contributed by atoms with E-state index in [-0.39, 0.29) is 11.2 Å². The van der Waals surface area contributed by atoms with Crippen molar-refractivity contribution < 1.29 is 14.2 Å². The number of aliphatic hydroxyl groups is 1. The lowest BCUT2D eigenvalue weighted by molar-refractivity contribution is -0.125. The van der Waals surface area contributed by atoms with Crippen LogP contribution in [0.1, 0.15) is 64.5 Å². The van der Waals surface area contributed by atoms with Gasteiger partial charge in [-0.1, -0.05) is 13.8 Å². The van der Waals surface area contributed by atoms with Crippen molar-refractivity contribution >= 4 is 5.82 Å². The SMILES string of the molecule is CC(C)[C@H](C1CC(C)(O)C1)N1CC2(CCN(c3ncnnc3Oc3ccc(F)cc3-c3cncnc3C3CC3)C2)C1. The van der Waals surface area contributed by atoms with Crippen molar-refractivity contribution in [2.24, 2.45) is 17.3 Å². The molecule has 9 nitrogen and oxygen atoms in total. The Labute approximate surface area is 240 Å². The number of rotatable bonds is 8. The minimum atomic E-state index is -0.502. The van der Waals surface area contributed by atoms with Crippen LogP contribution in [0.3, 0.4) is 0 Å². The van der Waals surface area contributed by atoms with Crippen LogP contribution < -0.4 is 9.64 Å². The zero-order chi connectivity index (χ0) is 28.4. The smallest absolute Gasteiger partial charge is 0.282 e. The van der Waals surface area contributed by atoms with Crippen LogP contribution in [0.25, 0.3) is 11.1 Å². The third kappa shape index (κ3) is 5.05. The van der Waals surface area contributed by atoms with E-state index < -0.39 is 5.60 Å². The second kappa shape index (κ2) is 9.94. The predicted molar refractivity (Wildman–Crippen MR) is 152 cm³/mol. The summed E-state index contributed by atoms with van der Waals surface area (Å²) < 4.78 is 20.8. The molecule has 0 unspecified atom stereocenters. The fraction of sp³-hybridized carbons (Fsp3) is 0.581. The maximum atomic E-state index is 14.5. The van der Waals surface area contributed by atoms with E-state index in [4.69, 9.17) is 4.74 Å². The highest BCUT2D eigenvalue weighted by Crippen LogP contribution is 2.50. The third-order valence-corrected chi connectivity index (χ3v) is 9.52. The van der Waals surface area contributed by atoms with Crippen molar-refractivity contribution in [3.8, 4) is 22.8 Å². The second-order valence-electron chi connectivity index (χ2n) is 13.4. The Morgan fingerprint density at radius 3 is 2.61 bits per heavy atom. The van der Waals surface area contributed by atoms with Gasteiger partial charge in [0.25, 0.3) is 5.88 Å². The van der Waals surface area contributed by atoms with Gasteiger partial charge < -0.3 is 14.7 Å². The van der Waals surface area contributed by atoms with Crippen molar-refractivity contribution in [1.82, 2.24) is 30.0 Å². The van der Waals surface area contributed by atoms with Gasteiger partial charge >= 0.3 is 0 Å². The highest BCUT2D eigenvalue weighted by molar-refractivity contribution is 5.73. The van der Waals surface area contributed by atoms with Crippen LogP contribution in [0.5, 0.6) is 11.6 Å². The molecule has 7 rings (SSSR count). The minimum Gasteiger partial charge on any atom is -0.434 e. The largest absolute Gasteiger partial charge is 0.434 e. The van der Waals surface area contributed by atoms with Gasteiger partial charge in [-0.15, -0.1) is 10.2 Å². The zero-order valence-electron chi connectivity index (χ0n) is 24.0. The fourth-order valence-corrected chi connectivity index (χ4v) is 7.65. The van der Waals surface area contributed by atoms with Gasteiger partial charge in [0.05, 0.1) is 11.3 Å². The molecule has 4 heterocycles. The summed E-state index contributed by atoms with van der Waals surface area (Å²) in [5, 5.41) is 18.7. The van der Waals surface area contributed by atoms with Crippen molar-refractivity contribution in [3.63, 3.8) is 0 Å². The second-order valence-corrected chi connectivity index (χ2v) is 13.4. The summed E-state index contributed by atoms with van der Waals surface area (Å²) in [6, 6.07) is 5.01. The summed E-state index contributed by atoms with van der Waals surface area (Å²) in [5.41, 5.74) is 2.02. The standard InChI is InChI=1S/C31H38FN7O2/c1-19(2)27(21-11-30(3,40)12-21)39-15-31(16-39)8-9-38(14-31)28-29(37-36-18-35-28)41-25-7-6-22(32)10-23(25)24-13-33-17-34-26(24)20-4-5-20/h6-7,10,13,17-21,27,40H,4-5,8-9,11-12,14-16H2,1-3H3/t21?,27-,30?/m1/s1. The monoisotopic (exact) mass is 559 g/mol. The molecule has 2 saturated heterocycles. The number of hydrogen-bond acceptors (Lipinski definition) is 9. The number of aromatic nitrogens is 5. The topological polar surface area (TPSA) is 100 Å². The number of anilines is 1. The average Bonchev–Trinajstić information content (AvgIpc) is 3.67. The van der Waals surface area contributed by atoms with Gasteiger partial charge in [-0.25, -0.2) is 19.3 Å². The molecule has 2 aliphatic carbocycles. The van der Waals surface area contributed by atoms with E-state index in [1.54, 1.807) is 18.6 Å². The molecule has 2 aliphatic heterocycles. The molecule has 4 aliphatic rings. The molecule has 1 N–H and O–H groups in total. The first-order chi connectivity index (χ1) is 19.7. The zero-order valence-corrected chi connectivity index (χ0v) is 24.0. The van der Waals surface area contributed by atoms with E-state index in [2.05, 4.69) is 48.8 Å². The van der Waals surface area contributed by atoms with E-state index in [0.29, 0.717) is 46.8 Å². The van der Waals surface area contributed by atoms with Gasteiger partial charge in [-0.2, -0.15) is 0 Å². The number of halogens is 1. The maximum Gasteiger partial charge on any atom is 0.282 e. The normalized spacial score (nSPS) is 26.2. The van der Waals surface area contributed by atoms with Gasteiger partial charge in [0, 0.05) is 60.9 Å². The molecule has 0 bridgehead atoms. The lowest BCUT2D eigenvalue weighted by Gasteiger charge is -2.58. The Kier molecular flexibility index (Phi) is 6.46. The van der Waals surface area contributed by atoms with E-state index in [1.807, 2.05) is 6.92 Å². The summed E-state index contributed by atoms with van der Waals surface area (Å²) in [6.07, 6.45) is 9.74. The van der Waals surface area contributed by atoms with Crippen molar-refractivity contribution in [1.29, 1.82) is 0 Å². The van der Waals surface area contributed by atoms with Crippen LogP contribution >= 0.6 is 0 Å². The maximum absolute atomic E-state index is 14.5. The molecule has 0 radical (unpaired) electrons. The first-order valence-corrected chi connectivity index (χ1v) is 14.9. The van der Waals surface area contributed by atoms with E-state index in [9.17, 15) is 9.50 Å². The van der Waals surface area contributed by atoms with E-state index in [1.165, 1.54) is 18.5 Å². The first kappa shape index (κ1) is 26.6. The van der Waals surface area contributed by atoms with Gasteiger partial charge in [0.1, 0.15) is 24.2 Å². The quantitative estimate of drug-likeness (QED) is 0.416. The van der Waals surface area contributed by atoms with Gasteiger partial charge in [-0.3, -0.25) is 4.90 Å². The average molecular weight is 560 g/mol. The van der Waals surface area contributed by atoms with Gasteiger partial charge in [0.15, 0.2) is 5.82 Å². The summed E-state index contributed by atoms with van der Waals surface area (Å²) in [4.78, 5) is 18.2. The molecule has 1 spiro atoms. The summed E-state index contributed by atoms with van der Waals surface area (Å²) in [5.74, 6) is 2.59. The first-order valence-electron chi connectivity index (χ1n) is 14.9. The molecule has 0 amide bonds. The molecule has 1 atom stereocenters. The Morgan fingerprint density at radius 1 is 1.07 bits per heavy atom. The van der Waals surface area contributed by atoms with E-state index in [0.717, 1.165) is 69.5 Å². The lowest BCUT2D eigenvalue weighted by atomic mass is 9.64. The lowest BCUT2D eigenvalue weighted by Crippen LogP contribution is -2.65. The van der Waals surface area contributed by atoms with Crippen molar-refractivity contribution in [3.05, 3.63) is 48.6 Å². The van der Waals surface area contributed by atoms with Crippen molar-refractivity contribution in [2.45, 2.75) is 70.4 Å². The number of ether oxygens (including phenoxy) is 1. The highest BCUT2D eigenvalue weighted by atomic mass is 19.1. The fourth-order valence-electron chi connectivity index (χ4n) is 7.65. The molecule has 10 heteroatoms. The molecule has 216 valence electrons. The Morgan fingerprint density at radius 2 is 1.88 bits per heavy atom. The summed E-state index contributed by atoms with van der Waals surface area (Å²) in [7, 11) is 0. The van der Waals surface area contributed by atoms with Gasteiger partial charge in [-0.05, 0) is 69.1 Å². The van der Waals surface area contributed by atoms with Crippen LogP contribution in [0.15, 0.2) is 37.1 Å². The van der Waals surface area contributed by atoms with Crippen LogP contribution in [0.2, 0.25) is 0 Å². The number of hydrogen-bond donors (Lipinski definition) is 1. The van der Waals surface area contributed by atoms with Crippen LogP contribution in [0, 0.1) is 23.1 Å². The number of likely N-dealkylation sites (tertiary alicyclic amines) is 1. The van der Waals surface area contributed by atoms with Crippen molar-refractivity contribution in [2.75, 3.05) is 31.1 Å². The third-order valence-electron chi connectivity index (χ3n) is 9.52. The molecular weight excluding hydrogens is 521 g/mol. The molecule has 2 aromatic heterocycles. The Bertz CT molecular complexity index is 1430. The number of nitrogens with zero attached hydrogens (tertiary/aromatic N) is 7.